The van der Waals surface area contributed by atoms with E-state index in [1.165, 1.54) is 4.90 Å². The van der Waals surface area contributed by atoms with E-state index in [9.17, 15) is 14.4 Å². The maximum absolute atomic E-state index is 13.1. The normalized spacial score (nSPS) is 11.5. The highest BCUT2D eigenvalue weighted by Gasteiger charge is 2.25. The van der Waals surface area contributed by atoms with Gasteiger partial charge in [-0.1, -0.05) is 66.7 Å². The Hall–Kier alpha value is -3.87. The van der Waals surface area contributed by atoms with Gasteiger partial charge in [0.25, 0.3) is 0 Å². The Labute approximate surface area is 193 Å². The molecule has 0 bridgehead atoms. The zero-order chi connectivity index (χ0) is 23.6. The molecule has 3 aromatic carbocycles. The third-order valence-electron chi connectivity index (χ3n) is 5.04. The van der Waals surface area contributed by atoms with Crippen LogP contribution in [0.15, 0.2) is 72.8 Å². The Kier molecular flexibility index (Phi) is 8.41. The van der Waals surface area contributed by atoms with Crippen molar-refractivity contribution < 1.29 is 23.9 Å². The summed E-state index contributed by atoms with van der Waals surface area (Å²) in [6.07, 6.45) is -0.707. The van der Waals surface area contributed by atoms with Crippen LogP contribution in [0, 0.1) is 0 Å². The summed E-state index contributed by atoms with van der Waals surface area (Å²) in [4.78, 5) is 38.8. The van der Waals surface area contributed by atoms with Gasteiger partial charge in [-0.2, -0.15) is 0 Å². The predicted molar refractivity (Wildman–Crippen MR) is 125 cm³/mol. The molecule has 7 heteroatoms. The monoisotopic (exact) mass is 448 g/mol. The number of nitrogens with one attached hydrogen (secondary N) is 1. The predicted octanol–water partition coefficient (Wildman–Crippen LogP) is 4.05. The number of fused-ring (bicyclic) bond motifs is 1. The van der Waals surface area contributed by atoms with E-state index in [-0.39, 0.29) is 26.3 Å². The second-order valence-corrected chi connectivity index (χ2v) is 7.61. The number of hydrogen-bond acceptors (Lipinski definition) is 5. The molecule has 0 unspecified atom stereocenters. The molecule has 0 saturated heterocycles. The van der Waals surface area contributed by atoms with E-state index < -0.39 is 24.0 Å². The molecule has 33 heavy (non-hydrogen) atoms. The van der Waals surface area contributed by atoms with Crippen molar-refractivity contribution in [1.29, 1.82) is 0 Å². The number of benzene rings is 3. The molecule has 0 heterocycles. The Balaban J connectivity index is 1.66. The largest absolute Gasteiger partial charge is 0.465 e. The summed E-state index contributed by atoms with van der Waals surface area (Å²) in [5.74, 6) is -0.918. The Morgan fingerprint density at radius 2 is 1.58 bits per heavy atom. The summed E-state index contributed by atoms with van der Waals surface area (Å²) in [7, 11) is 0. The third kappa shape index (κ3) is 7.07. The van der Waals surface area contributed by atoms with Crippen molar-refractivity contribution >= 4 is 28.7 Å². The molecule has 3 rings (SSSR count). The molecule has 0 fully saturated rings. The van der Waals surface area contributed by atoms with Crippen molar-refractivity contribution in [3.63, 3.8) is 0 Å². The standard InChI is InChI=1S/C26H28N2O5/c1-3-32-24(29)17-28(16-21-13-14-22-11-7-8-12-23(22)15-21)25(30)19(2)27-26(31)33-18-20-9-5-4-6-10-20/h4-15,19H,3,16-18H2,1-2H3,(H,27,31)/t19-/m0/s1. The van der Waals surface area contributed by atoms with Crippen LogP contribution in [-0.4, -0.2) is 42.1 Å². The van der Waals surface area contributed by atoms with Gasteiger partial charge in [-0.05, 0) is 41.8 Å². The van der Waals surface area contributed by atoms with Crippen molar-refractivity contribution in [2.75, 3.05) is 13.2 Å². The summed E-state index contributed by atoms with van der Waals surface area (Å²) in [6, 6.07) is 22.1. The first kappa shape index (κ1) is 23.8. The molecule has 2 amide bonds. The van der Waals surface area contributed by atoms with Gasteiger partial charge in [-0.25, -0.2) is 4.79 Å². The van der Waals surface area contributed by atoms with Crippen molar-refractivity contribution in [1.82, 2.24) is 10.2 Å². The first-order valence-electron chi connectivity index (χ1n) is 10.9. The van der Waals surface area contributed by atoms with Crippen LogP contribution in [0.5, 0.6) is 0 Å². The van der Waals surface area contributed by atoms with Crippen LogP contribution in [0.2, 0.25) is 0 Å². The van der Waals surface area contributed by atoms with E-state index >= 15 is 0 Å². The highest BCUT2D eigenvalue weighted by atomic mass is 16.5. The number of alkyl carbamates (subject to hydrolysis) is 1. The van der Waals surface area contributed by atoms with Crippen LogP contribution in [0.25, 0.3) is 10.8 Å². The van der Waals surface area contributed by atoms with E-state index in [1.807, 2.05) is 72.8 Å². The van der Waals surface area contributed by atoms with E-state index in [2.05, 4.69) is 5.32 Å². The fraction of sp³-hybridized carbons (Fsp3) is 0.269. The number of esters is 1. The molecular weight excluding hydrogens is 420 g/mol. The maximum atomic E-state index is 13.1. The molecular formula is C26H28N2O5. The van der Waals surface area contributed by atoms with Gasteiger partial charge in [0.05, 0.1) is 6.61 Å². The molecule has 0 spiro atoms. The fourth-order valence-corrected chi connectivity index (χ4v) is 3.41. The lowest BCUT2D eigenvalue weighted by Gasteiger charge is -2.25. The zero-order valence-corrected chi connectivity index (χ0v) is 18.8. The van der Waals surface area contributed by atoms with Crippen LogP contribution in [0.3, 0.4) is 0 Å². The van der Waals surface area contributed by atoms with Crippen LogP contribution >= 0.6 is 0 Å². The van der Waals surface area contributed by atoms with E-state index in [4.69, 9.17) is 9.47 Å². The third-order valence-corrected chi connectivity index (χ3v) is 5.04. The van der Waals surface area contributed by atoms with Crippen LogP contribution in [0.1, 0.15) is 25.0 Å². The Bertz CT molecular complexity index is 1100. The Morgan fingerprint density at radius 1 is 0.879 bits per heavy atom. The summed E-state index contributed by atoms with van der Waals surface area (Å²) in [5, 5.41) is 4.67. The van der Waals surface area contributed by atoms with E-state index in [1.54, 1.807) is 13.8 Å². The molecule has 0 aliphatic heterocycles. The lowest BCUT2D eigenvalue weighted by atomic mass is 10.1. The van der Waals surface area contributed by atoms with Gasteiger partial charge >= 0.3 is 12.1 Å². The van der Waals surface area contributed by atoms with Gasteiger partial charge in [-0.3, -0.25) is 9.59 Å². The smallest absolute Gasteiger partial charge is 0.408 e. The molecule has 0 saturated carbocycles. The minimum absolute atomic E-state index is 0.0945. The number of ether oxygens (including phenoxy) is 2. The summed E-state index contributed by atoms with van der Waals surface area (Å²) >= 11 is 0. The second-order valence-electron chi connectivity index (χ2n) is 7.61. The number of rotatable bonds is 9. The van der Waals surface area contributed by atoms with Gasteiger partial charge in [0.2, 0.25) is 5.91 Å². The van der Waals surface area contributed by atoms with E-state index in [0.717, 1.165) is 21.9 Å². The highest BCUT2D eigenvalue weighted by Crippen LogP contribution is 2.17. The number of hydrogen-bond donors (Lipinski definition) is 1. The van der Waals surface area contributed by atoms with Gasteiger partial charge in [-0.15, -0.1) is 0 Å². The van der Waals surface area contributed by atoms with Crippen molar-refractivity contribution in [3.05, 3.63) is 83.9 Å². The van der Waals surface area contributed by atoms with Crippen LogP contribution in [-0.2, 0) is 32.2 Å². The van der Waals surface area contributed by atoms with Gasteiger partial charge in [0.15, 0.2) is 0 Å². The minimum Gasteiger partial charge on any atom is -0.465 e. The van der Waals surface area contributed by atoms with Crippen molar-refractivity contribution in [3.8, 4) is 0 Å². The van der Waals surface area contributed by atoms with Gasteiger partial charge < -0.3 is 19.7 Å². The average Bonchev–Trinajstić information content (AvgIpc) is 2.82. The first-order valence-corrected chi connectivity index (χ1v) is 10.9. The lowest BCUT2D eigenvalue weighted by molar-refractivity contribution is -0.149. The molecule has 0 aliphatic rings. The molecule has 172 valence electrons. The summed E-state index contributed by atoms with van der Waals surface area (Å²) in [5.41, 5.74) is 1.71. The maximum Gasteiger partial charge on any atom is 0.408 e. The SMILES string of the molecule is CCOC(=O)CN(Cc1ccc2ccccc2c1)C(=O)[C@H](C)NC(=O)OCc1ccccc1. The minimum atomic E-state index is -0.886. The number of carbonyl (C=O) groups is 3. The fourth-order valence-electron chi connectivity index (χ4n) is 3.41. The van der Waals surface area contributed by atoms with Crippen LogP contribution < -0.4 is 5.32 Å². The average molecular weight is 449 g/mol. The highest BCUT2D eigenvalue weighted by molar-refractivity contribution is 5.88. The molecule has 7 nitrogen and oxygen atoms in total. The lowest BCUT2D eigenvalue weighted by Crippen LogP contribution is -2.48. The molecule has 3 aromatic rings. The zero-order valence-electron chi connectivity index (χ0n) is 18.8. The first-order chi connectivity index (χ1) is 16.0. The quantitative estimate of drug-likeness (QED) is 0.499. The second kappa shape index (κ2) is 11.7. The summed E-state index contributed by atoms with van der Waals surface area (Å²) < 4.78 is 10.2. The van der Waals surface area contributed by atoms with Crippen LogP contribution in [0.4, 0.5) is 4.79 Å². The van der Waals surface area contributed by atoms with Crippen molar-refractivity contribution in [2.24, 2.45) is 0 Å². The molecule has 1 N–H and O–H groups in total. The molecule has 0 aromatic heterocycles. The molecule has 0 aliphatic carbocycles. The number of amides is 2. The Morgan fingerprint density at radius 3 is 2.30 bits per heavy atom. The molecule has 1 atom stereocenters. The number of nitrogens with zero attached hydrogens (tertiary/aromatic N) is 1. The topological polar surface area (TPSA) is 84.9 Å². The van der Waals surface area contributed by atoms with E-state index in [0.29, 0.717) is 0 Å². The van der Waals surface area contributed by atoms with Gasteiger partial charge in [0.1, 0.15) is 19.2 Å². The van der Waals surface area contributed by atoms with Crippen molar-refractivity contribution in [2.45, 2.75) is 33.0 Å². The molecule has 0 radical (unpaired) electrons. The number of carbonyl (C=O) groups excluding carboxylic acids is 3. The van der Waals surface area contributed by atoms with Gasteiger partial charge in [0, 0.05) is 6.54 Å². The summed E-state index contributed by atoms with van der Waals surface area (Å²) in [6.45, 7) is 3.57.